The highest BCUT2D eigenvalue weighted by molar-refractivity contribution is 5.82. The normalized spacial score (nSPS) is 11.3. The molecule has 0 amide bonds. The lowest BCUT2D eigenvalue weighted by molar-refractivity contribution is 0.151. The van der Waals surface area contributed by atoms with Gasteiger partial charge in [-0.1, -0.05) is 12.1 Å². The van der Waals surface area contributed by atoms with Gasteiger partial charge in [0, 0.05) is 24.1 Å². The van der Waals surface area contributed by atoms with E-state index in [-0.39, 0.29) is 53.1 Å². The molecule has 0 aliphatic heterocycles. The zero-order chi connectivity index (χ0) is 26.9. The first kappa shape index (κ1) is 25.3. The van der Waals surface area contributed by atoms with Gasteiger partial charge in [0.05, 0.1) is 16.6 Å². The molecule has 14 heteroatoms. The molecule has 0 fully saturated rings. The fourth-order valence-corrected chi connectivity index (χ4v) is 3.80. The number of benzene rings is 2. The van der Waals surface area contributed by atoms with E-state index in [1.165, 1.54) is 12.1 Å². The number of aromatic nitrogens is 4. The number of halogens is 5. The van der Waals surface area contributed by atoms with Crippen LogP contribution in [0.3, 0.4) is 0 Å². The molecule has 4 aromatic rings. The van der Waals surface area contributed by atoms with Crippen LogP contribution in [-0.2, 0) is 6.42 Å². The Kier molecular flexibility index (Phi) is 6.87. The maximum absolute atomic E-state index is 14.2. The van der Waals surface area contributed by atoms with Crippen molar-refractivity contribution < 1.29 is 22.0 Å². The van der Waals surface area contributed by atoms with Crippen molar-refractivity contribution in [3.8, 4) is 11.8 Å². The molecule has 4 rings (SSSR count). The summed E-state index contributed by atoms with van der Waals surface area (Å²) >= 11 is 0. The van der Waals surface area contributed by atoms with Gasteiger partial charge in [-0.3, -0.25) is 9.36 Å². The molecule has 9 nitrogen and oxygen atoms in total. The Labute approximate surface area is 205 Å². The molecule has 0 atom stereocenters. The van der Waals surface area contributed by atoms with Crippen LogP contribution in [0, 0.1) is 17.1 Å². The molecule has 37 heavy (non-hydrogen) atoms. The highest BCUT2D eigenvalue weighted by Crippen LogP contribution is 2.27. The summed E-state index contributed by atoms with van der Waals surface area (Å²) in [7, 11) is 0. The van der Waals surface area contributed by atoms with Crippen molar-refractivity contribution in [2.24, 2.45) is 0 Å². The Morgan fingerprint density at radius 1 is 1.05 bits per heavy atom. The van der Waals surface area contributed by atoms with Crippen LogP contribution in [0.15, 0.2) is 41.2 Å². The average Bonchev–Trinajstić information content (AvgIpc) is 2.83. The van der Waals surface area contributed by atoms with Crippen LogP contribution in [0.1, 0.15) is 35.4 Å². The number of nitriles is 1. The zero-order valence-electron chi connectivity index (χ0n) is 18.7. The molecule has 190 valence electrons. The first-order chi connectivity index (χ1) is 17.6. The average molecular weight is 516 g/mol. The number of nitrogens with zero attached hydrogens (tertiary/aromatic N) is 5. The Bertz CT molecular complexity index is 1600. The molecule has 2 heterocycles. The first-order valence-corrected chi connectivity index (χ1v) is 10.6. The van der Waals surface area contributed by atoms with E-state index in [9.17, 15) is 32.0 Å². The van der Waals surface area contributed by atoms with Crippen molar-refractivity contribution >= 4 is 28.5 Å². The lowest BCUT2D eigenvalue weighted by atomic mass is 10.1. The van der Waals surface area contributed by atoms with Gasteiger partial charge in [-0.25, -0.2) is 26.9 Å². The van der Waals surface area contributed by atoms with Gasteiger partial charge < -0.3 is 16.8 Å². The number of nitrogens with one attached hydrogen (secondary N) is 1. The van der Waals surface area contributed by atoms with Gasteiger partial charge in [-0.15, -0.1) is 0 Å². The smallest absolute Gasteiger partial charge is 0.266 e. The van der Waals surface area contributed by atoms with Crippen molar-refractivity contribution in [2.75, 3.05) is 23.3 Å². The lowest BCUT2D eigenvalue weighted by Crippen LogP contribution is -2.26. The van der Waals surface area contributed by atoms with Gasteiger partial charge >= 0.3 is 0 Å². The minimum atomic E-state index is -3.06. The van der Waals surface area contributed by atoms with Gasteiger partial charge in [-0.2, -0.15) is 15.2 Å². The molecule has 5 N–H and O–H groups in total. The number of nitrogens with two attached hydrogens (primary N) is 2. The molecule has 0 aliphatic rings. The molecule has 0 bridgehead atoms. The molecular formula is C23H17F5N8O. The number of fused-ring (bicyclic) bond motifs is 1. The van der Waals surface area contributed by atoms with E-state index >= 15 is 0 Å². The molecule has 0 aliphatic carbocycles. The maximum Gasteiger partial charge on any atom is 0.266 e. The van der Waals surface area contributed by atoms with Crippen molar-refractivity contribution in [2.45, 2.75) is 19.3 Å². The summed E-state index contributed by atoms with van der Waals surface area (Å²) in [5.41, 5.74) is 8.47. The third-order valence-corrected chi connectivity index (χ3v) is 5.36. The maximum atomic E-state index is 14.2. The standard InChI is InChI=1S/C23H17F5N8O/c24-11-6-10(18(25)26)7-12(8-11)36-16(4-5-32-21-14(9-29)20(30)34-23(31)35-21)33-15-3-1-2-13(19(27)28)17(15)22(36)37/h1-3,6-8,18-19H,4-5H2,(H5,30,31,32,34,35). The van der Waals surface area contributed by atoms with E-state index in [2.05, 4.69) is 20.3 Å². The lowest BCUT2D eigenvalue weighted by Gasteiger charge is -2.17. The minimum Gasteiger partial charge on any atom is -0.382 e. The van der Waals surface area contributed by atoms with Gasteiger partial charge in [0.1, 0.15) is 29.1 Å². The van der Waals surface area contributed by atoms with Crippen LogP contribution in [0.5, 0.6) is 0 Å². The van der Waals surface area contributed by atoms with Crippen LogP contribution < -0.4 is 22.3 Å². The second kappa shape index (κ2) is 10.1. The first-order valence-electron chi connectivity index (χ1n) is 10.6. The molecule has 2 aromatic carbocycles. The van der Waals surface area contributed by atoms with Gasteiger partial charge in [-0.05, 0) is 24.3 Å². The van der Waals surface area contributed by atoms with Gasteiger partial charge in [0.25, 0.3) is 18.4 Å². The number of hydrogen-bond acceptors (Lipinski definition) is 8. The van der Waals surface area contributed by atoms with Crippen LogP contribution in [-0.4, -0.2) is 26.1 Å². The zero-order valence-corrected chi connectivity index (χ0v) is 18.7. The summed E-state index contributed by atoms with van der Waals surface area (Å²) in [4.78, 5) is 25.3. The third-order valence-electron chi connectivity index (χ3n) is 5.36. The van der Waals surface area contributed by atoms with Crippen LogP contribution in [0.2, 0.25) is 0 Å². The van der Waals surface area contributed by atoms with E-state index in [1.54, 1.807) is 0 Å². The molecule has 0 spiro atoms. The minimum absolute atomic E-state index is 0.00656. The molecule has 0 radical (unpaired) electrons. The van der Waals surface area contributed by atoms with Crippen molar-refractivity contribution in [3.05, 3.63) is 75.1 Å². The number of hydrogen-bond donors (Lipinski definition) is 3. The second-order valence-corrected chi connectivity index (χ2v) is 7.73. The van der Waals surface area contributed by atoms with Crippen molar-refractivity contribution in [1.82, 2.24) is 19.5 Å². The van der Waals surface area contributed by atoms with Crippen molar-refractivity contribution in [1.29, 1.82) is 5.26 Å². The number of nitrogen functional groups attached to an aromatic ring is 2. The SMILES string of the molecule is N#Cc1c(N)nc(N)nc1NCCc1nc2cccc(C(F)F)c2c(=O)n1-c1cc(F)cc(C(F)F)c1. The second-order valence-electron chi connectivity index (χ2n) is 7.73. The fraction of sp³-hybridized carbons (Fsp3) is 0.174. The predicted octanol–water partition coefficient (Wildman–Crippen LogP) is 3.88. The highest BCUT2D eigenvalue weighted by atomic mass is 19.3. The number of anilines is 3. The number of alkyl halides is 4. The summed E-state index contributed by atoms with van der Waals surface area (Å²) < 4.78 is 69.1. The van der Waals surface area contributed by atoms with Crippen LogP contribution in [0.25, 0.3) is 16.6 Å². The summed E-state index contributed by atoms with van der Waals surface area (Å²) in [5.74, 6) is -1.50. The Morgan fingerprint density at radius 3 is 2.49 bits per heavy atom. The summed E-state index contributed by atoms with van der Waals surface area (Å²) in [5, 5.41) is 11.7. The van der Waals surface area contributed by atoms with Crippen molar-refractivity contribution in [3.63, 3.8) is 0 Å². The Hall–Kier alpha value is -4.80. The topological polar surface area (TPSA) is 149 Å². The van der Waals surface area contributed by atoms with E-state index in [1.807, 2.05) is 6.07 Å². The quantitative estimate of drug-likeness (QED) is 0.314. The molecule has 0 saturated carbocycles. The Morgan fingerprint density at radius 2 is 1.81 bits per heavy atom. The monoisotopic (exact) mass is 516 g/mol. The summed E-state index contributed by atoms with van der Waals surface area (Å²) in [6.45, 7) is -0.0475. The molecule has 2 aromatic heterocycles. The molecule has 0 unspecified atom stereocenters. The van der Waals surface area contributed by atoms with E-state index in [0.29, 0.717) is 6.07 Å². The molecule has 0 saturated heterocycles. The third kappa shape index (κ3) is 4.96. The van der Waals surface area contributed by atoms with Gasteiger partial charge in [0.2, 0.25) is 5.95 Å². The largest absolute Gasteiger partial charge is 0.382 e. The van der Waals surface area contributed by atoms with Crippen LogP contribution >= 0.6 is 0 Å². The molecular weight excluding hydrogens is 499 g/mol. The Balaban J connectivity index is 1.86. The van der Waals surface area contributed by atoms with E-state index in [0.717, 1.165) is 22.8 Å². The van der Waals surface area contributed by atoms with Gasteiger partial charge in [0.15, 0.2) is 5.82 Å². The summed E-state index contributed by atoms with van der Waals surface area (Å²) in [6, 6.07) is 7.82. The predicted molar refractivity (Wildman–Crippen MR) is 125 cm³/mol. The highest BCUT2D eigenvalue weighted by Gasteiger charge is 2.21. The number of rotatable bonds is 7. The van der Waals surface area contributed by atoms with Crippen LogP contribution in [0.4, 0.5) is 39.5 Å². The fourth-order valence-electron chi connectivity index (χ4n) is 3.80. The summed E-state index contributed by atoms with van der Waals surface area (Å²) in [6.07, 6.45) is -6.20. The van der Waals surface area contributed by atoms with E-state index < -0.39 is 40.7 Å². The van der Waals surface area contributed by atoms with E-state index in [4.69, 9.17) is 11.5 Å².